The molecule has 54 heavy (non-hydrogen) atoms. The first-order valence-electron chi connectivity index (χ1n) is 19.5. The third kappa shape index (κ3) is 7.61. The summed E-state index contributed by atoms with van der Waals surface area (Å²) >= 11 is 0. The SMILES string of the molecule is C=CC(=O)N1CCC2(CC1)CN(S(=O)(=O)N1CCC3(CC1)CN(C[C@@H]1CCN(c4ncncc4Oc4ccc(F)cc4C(=O)N(C(C)C)C(C)C)C1)C3)C2. The quantitative estimate of drug-likeness (QED) is 0.309. The van der Waals surface area contributed by atoms with Crippen LogP contribution < -0.4 is 9.64 Å². The van der Waals surface area contributed by atoms with Crippen LogP contribution in [-0.4, -0.2) is 138 Å². The number of nitrogens with zero attached hydrogens (tertiary/aromatic N) is 8. The van der Waals surface area contributed by atoms with Gasteiger partial charge >= 0.3 is 0 Å². The van der Waals surface area contributed by atoms with Crippen LogP contribution in [0.5, 0.6) is 11.5 Å². The highest BCUT2D eigenvalue weighted by Crippen LogP contribution is 2.45. The molecule has 6 heterocycles. The lowest BCUT2D eigenvalue weighted by Crippen LogP contribution is -2.66. The van der Waals surface area contributed by atoms with Crippen molar-refractivity contribution < 1.29 is 27.1 Å². The topological polar surface area (TPSA) is 123 Å². The highest BCUT2D eigenvalue weighted by molar-refractivity contribution is 7.86. The standard InChI is InChI=1S/C39H55FN8O5S/c1-6-35(49)44-15-10-39(11-16-44)25-47(26-39)54(51,52)46-17-12-38(13-18-46)23-43(24-38)21-30-9-14-45(22-30)36-34(20-41-27-42-36)53-33-8-7-31(40)19-32(33)37(50)48(28(2)3)29(4)5/h6-8,19-20,27-30H,1,9-18,21-26H2,2-5H3/t30-/m0/s1. The van der Waals surface area contributed by atoms with Gasteiger partial charge < -0.3 is 24.3 Å². The van der Waals surface area contributed by atoms with Gasteiger partial charge in [-0.25, -0.2) is 14.4 Å². The van der Waals surface area contributed by atoms with E-state index in [0.29, 0.717) is 56.8 Å². The molecule has 7 rings (SSSR count). The molecular weight excluding hydrogens is 712 g/mol. The van der Waals surface area contributed by atoms with Crippen molar-refractivity contribution in [1.82, 2.24) is 33.3 Å². The van der Waals surface area contributed by atoms with Crippen molar-refractivity contribution in [2.45, 2.75) is 71.9 Å². The molecular formula is C39H55FN8O5S. The fourth-order valence-corrected chi connectivity index (χ4v) is 11.3. The van der Waals surface area contributed by atoms with Crippen molar-refractivity contribution in [3.8, 4) is 11.5 Å². The van der Waals surface area contributed by atoms with E-state index in [1.807, 2.05) is 27.7 Å². The van der Waals surface area contributed by atoms with Gasteiger partial charge in [0.2, 0.25) is 5.91 Å². The number of carbonyl (C=O) groups is 2. The number of anilines is 1. The van der Waals surface area contributed by atoms with E-state index in [1.54, 1.807) is 24.6 Å². The summed E-state index contributed by atoms with van der Waals surface area (Å²) in [5.41, 5.74) is 0.319. The molecule has 5 fully saturated rings. The predicted octanol–water partition coefficient (Wildman–Crippen LogP) is 4.25. The van der Waals surface area contributed by atoms with Crippen LogP contribution in [0.3, 0.4) is 0 Å². The molecule has 13 nitrogen and oxygen atoms in total. The second kappa shape index (κ2) is 15.1. The minimum Gasteiger partial charge on any atom is -0.451 e. The van der Waals surface area contributed by atoms with Crippen LogP contribution in [0.25, 0.3) is 0 Å². The van der Waals surface area contributed by atoms with Gasteiger partial charge in [-0.3, -0.25) is 9.59 Å². The predicted molar refractivity (Wildman–Crippen MR) is 204 cm³/mol. The van der Waals surface area contributed by atoms with Crippen molar-refractivity contribution in [2.75, 3.05) is 76.9 Å². The summed E-state index contributed by atoms with van der Waals surface area (Å²) < 4.78 is 51.2. The van der Waals surface area contributed by atoms with Gasteiger partial charge in [0.15, 0.2) is 11.6 Å². The van der Waals surface area contributed by atoms with Crippen LogP contribution in [0.2, 0.25) is 0 Å². The minimum atomic E-state index is -3.48. The van der Waals surface area contributed by atoms with Crippen LogP contribution in [0.1, 0.15) is 70.2 Å². The van der Waals surface area contributed by atoms with Crippen molar-refractivity contribution in [3.05, 3.63) is 54.8 Å². The average molecular weight is 767 g/mol. The van der Waals surface area contributed by atoms with E-state index in [0.717, 1.165) is 64.8 Å². The Hall–Kier alpha value is -3.66. The molecule has 2 aromatic rings. The normalized spacial score (nSPS) is 23.1. The van der Waals surface area contributed by atoms with Gasteiger partial charge in [0.05, 0.1) is 11.8 Å². The maximum Gasteiger partial charge on any atom is 0.282 e. The second-order valence-corrected chi connectivity index (χ2v) is 18.8. The Kier molecular flexibility index (Phi) is 10.8. The molecule has 1 aromatic heterocycles. The zero-order valence-corrected chi connectivity index (χ0v) is 32.9. The smallest absolute Gasteiger partial charge is 0.282 e. The highest BCUT2D eigenvalue weighted by atomic mass is 32.2. The molecule has 5 saturated heterocycles. The largest absolute Gasteiger partial charge is 0.451 e. The van der Waals surface area contributed by atoms with Crippen molar-refractivity contribution >= 4 is 27.8 Å². The van der Waals surface area contributed by atoms with E-state index in [-0.39, 0.29) is 46.0 Å². The van der Waals surface area contributed by atoms with Crippen LogP contribution in [0, 0.1) is 22.6 Å². The molecule has 1 aromatic carbocycles. The van der Waals surface area contributed by atoms with E-state index < -0.39 is 16.0 Å². The number of halogens is 1. The molecule has 294 valence electrons. The first kappa shape index (κ1) is 38.6. The van der Waals surface area contributed by atoms with E-state index in [4.69, 9.17) is 4.74 Å². The number of likely N-dealkylation sites (tertiary alicyclic amines) is 2. The summed E-state index contributed by atoms with van der Waals surface area (Å²) in [7, 11) is -3.48. The van der Waals surface area contributed by atoms with Gasteiger partial charge in [0.25, 0.3) is 16.1 Å². The van der Waals surface area contributed by atoms with Crippen LogP contribution in [-0.2, 0) is 15.0 Å². The number of amides is 2. The van der Waals surface area contributed by atoms with E-state index >= 15 is 0 Å². The van der Waals surface area contributed by atoms with Gasteiger partial charge in [-0.1, -0.05) is 6.58 Å². The molecule has 0 radical (unpaired) electrons. The number of hydrogen-bond acceptors (Lipinski definition) is 9. The van der Waals surface area contributed by atoms with Gasteiger partial charge in [0.1, 0.15) is 17.9 Å². The molecule has 0 saturated carbocycles. The fraction of sp³-hybridized carbons (Fsp3) is 0.641. The number of benzene rings is 1. The Morgan fingerprint density at radius 2 is 1.61 bits per heavy atom. The Morgan fingerprint density at radius 3 is 2.26 bits per heavy atom. The number of aromatic nitrogens is 2. The van der Waals surface area contributed by atoms with Gasteiger partial charge in [-0.2, -0.15) is 17.0 Å². The van der Waals surface area contributed by atoms with E-state index in [1.165, 1.54) is 30.6 Å². The molecule has 0 aliphatic carbocycles. The molecule has 0 unspecified atom stereocenters. The number of piperidine rings is 2. The monoisotopic (exact) mass is 766 g/mol. The third-order valence-corrected chi connectivity index (χ3v) is 14.3. The fourth-order valence-electron chi connectivity index (χ4n) is 9.45. The maximum atomic E-state index is 14.4. The zero-order valence-electron chi connectivity index (χ0n) is 32.1. The summed E-state index contributed by atoms with van der Waals surface area (Å²) in [5, 5.41) is 0. The third-order valence-electron chi connectivity index (χ3n) is 12.4. The summed E-state index contributed by atoms with van der Waals surface area (Å²) in [6.07, 6.45) is 8.85. The van der Waals surface area contributed by atoms with E-state index in [2.05, 4.69) is 26.3 Å². The lowest BCUT2D eigenvalue weighted by atomic mass is 9.72. The summed E-state index contributed by atoms with van der Waals surface area (Å²) in [4.78, 5) is 42.6. The molecule has 5 aliphatic rings. The second-order valence-electron chi connectivity index (χ2n) is 16.8. The van der Waals surface area contributed by atoms with Crippen molar-refractivity contribution in [1.29, 1.82) is 0 Å². The van der Waals surface area contributed by atoms with Gasteiger partial charge in [-0.05, 0) is 95.4 Å². The Bertz CT molecular complexity index is 1820. The van der Waals surface area contributed by atoms with Crippen LogP contribution in [0.4, 0.5) is 10.2 Å². The molecule has 15 heteroatoms. The number of carbonyl (C=O) groups excluding carboxylic acids is 2. The maximum absolute atomic E-state index is 14.4. The van der Waals surface area contributed by atoms with Crippen molar-refractivity contribution in [2.24, 2.45) is 16.7 Å². The highest BCUT2D eigenvalue weighted by Gasteiger charge is 2.53. The Labute approximate surface area is 319 Å². The summed E-state index contributed by atoms with van der Waals surface area (Å²) in [6.45, 7) is 19.4. The van der Waals surface area contributed by atoms with E-state index in [9.17, 15) is 22.4 Å². The lowest BCUT2D eigenvalue weighted by molar-refractivity contribution is -0.129. The molecule has 0 bridgehead atoms. The minimum absolute atomic E-state index is 0.00999. The number of ether oxygens (including phenoxy) is 1. The lowest BCUT2D eigenvalue weighted by Gasteiger charge is -2.56. The zero-order chi connectivity index (χ0) is 38.4. The number of hydrogen-bond donors (Lipinski definition) is 0. The molecule has 0 N–H and O–H groups in total. The Balaban J connectivity index is 0.894. The van der Waals surface area contributed by atoms with Crippen LogP contribution >= 0.6 is 0 Å². The average Bonchev–Trinajstić information content (AvgIpc) is 3.58. The first-order valence-corrected chi connectivity index (χ1v) is 20.9. The molecule has 5 aliphatic heterocycles. The van der Waals surface area contributed by atoms with Crippen molar-refractivity contribution in [3.63, 3.8) is 0 Å². The number of rotatable bonds is 11. The summed E-state index contributed by atoms with van der Waals surface area (Å²) in [5.74, 6) is 0.904. The summed E-state index contributed by atoms with van der Waals surface area (Å²) in [6, 6.07) is 3.86. The Morgan fingerprint density at radius 1 is 0.963 bits per heavy atom. The first-order chi connectivity index (χ1) is 25.7. The molecule has 2 spiro atoms. The molecule has 1 atom stereocenters. The van der Waals surface area contributed by atoms with Gasteiger partial charge in [-0.15, -0.1) is 0 Å². The van der Waals surface area contributed by atoms with Gasteiger partial charge in [0, 0.05) is 89.5 Å². The van der Waals surface area contributed by atoms with Crippen LogP contribution in [0.15, 0.2) is 43.4 Å². The molecule has 2 amide bonds.